The number of rotatable bonds is 5. The molecule has 0 radical (unpaired) electrons. The number of nitrogens with zero attached hydrogens (tertiary/aromatic N) is 1. The van der Waals surface area contributed by atoms with Gasteiger partial charge >= 0.3 is 0 Å². The lowest BCUT2D eigenvalue weighted by molar-refractivity contribution is 0.398. The molecule has 0 atom stereocenters. The van der Waals surface area contributed by atoms with E-state index in [9.17, 15) is 0 Å². The summed E-state index contributed by atoms with van der Waals surface area (Å²) in [7, 11) is 4.95. The maximum atomic E-state index is 5.55. The second-order valence-electron chi connectivity index (χ2n) is 3.46. The number of methoxy groups -OCH3 is 2. The lowest BCUT2D eigenvalue weighted by Crippen LogP contribution is -2.32. The van der Waals surface area contributed by atoms with Gasteiger partial charge in [-0.3, -0.25) is 4.99 Å². The molecule has 0 unspecified atom stereocenters. The predicted molar refractivity (Wildman–Crippen MR) is 84.2 cm³/mol. The highest BCUT2D eigenvalue weighted by Crippen LogP contribution is 2.23. The zero-order chi connectivity index (χ0) is 12.7. The Kier molecular flexibility index (Phi) is 8.27. The van der Waals surface area contributed by atoms with Gasteiger partial charge in [0.05, 0.1) is 14.2 Å². The van der Waals surface area contributed by atoms with Gasteiger partial charge in [0.25, 0.3) is 0 Å². The van der Waals surface area contributed by atoms with Gasteiger partial charge in [-0.05, 0) is 30.2 Å². The molecule has 1 aromatic rings. The summed E-state index contributed by atoms with van der Waals surface area (Å²) < 4.78 is 10.5. The molecule has 0 amide bonds. The summed E-state index contributed by atoms with van der Waals surface area (Å²) in [6, 6.07) is 5.73. The molecule has 0 aromatic heterocycles. The first kappa shape index (κ1) is 16.8. The Morgan fingerprint density at radius 2 is 2.06 bits per heavy atom. The Balaban J connectivity index is 0.00000289. The van der Waals surface area contributed by atoms with Gasteiger partial charge < -0.3 is 20.5 Å². The number of benzene rings is 1. The highest BCUT2D eigenvalue weighted by Gasteiger charge is 2.04. The number of halogens is 1. The molecule has 0 bridgehead atoms. The van der Waals surface area contributed by atoms with Crippen LogP contribution in [0.2, 0.25) is 0 Å². The number of hydrogen-bond acceptors (Lipinski definition) is 3. The lowest BCUT2D eigenvalue weighted by atomic mass is 10.1. The van der Waals surface area contributed by atoms with E-state index in [4.69, 9.17) is 15.2 Å². The van der Waals surface area contributed by atoms with E-state index in [1.54, 1.807) is 21.3 Å². The summed E-state index contributed by atoms with van der Waals surface area (Å²) in [6.45, 7) is 0.701. The van der Waals surface area contributed by atoms with E-state index in [0.29, 0.717) is 12.5 Å². The molecule has 3 N–H and O–H groups in total. The van der Waals surface area contributed by atoms with Gasteiger partial charge in [0, 0.05) is 13.6 Å². The van der Waals surface area contributed by atoms with E-state index >= 15 is 0 Å². The smallest absolute Gasteiger partial charge is 0.188 e. The molecule has 0 heterocycles. The summed E-state index contributed by atoms with van der Waals surface area (Å²) in [5.41, 5.74) is 6.62. The third kappa shape index (κ3) is 4.99. The van der Waals surface area contributed by atoms with Crippen molar-refractivity contribution in [3.63, 3.8) is 0 Å². The first-order valence-electron chi connectivity index (χ1n) is 5.38. The first-order valence-corrected chi connectivity index (χ1v) is 5.38. The SMILES string of the molecule is CN=C(N)NCCc1cc(OC)ccc1OC.I. The fourth-order valence-electron chi connectivity index (χ4n) is 1.48. The van der Waals surface area contributed by atoms with Crippen LogP contribution in [0.5, 0.6) is 11.5 Å². The van der Waals surface area contributed by atoms with Gasteiger partial charge in [-0.1, -0.05) is 0 Å². The summed E-state index contributed by atoms with van der Waals surface area (Å²) >= 11 is 0. The fourth-order valence-corrected chi connectivity index (χ4v) is 1.48. The number of nitrogens with two attached hydrogens (primary N) is 1. The van der Waals surface area contributed by atoms with E-state index in [-0.39, 0.29) is 24.0 Å². The largest absolute Gasteiger partial charge is 0.497 e. The first-order chi connectivity index (χ1) is 8.21. The Labute approximate surface area is 125 Å². The van der Waals surface area contributed by atoms with Crippen LogP contribution in [0.1, 0.15) is 5.56 Å². The number of nitrogens with one attached hydrogen (secondary N) is 1. The lowest BCUT2D eigenvalue weighted by Gasteiger charge is -2.11. The highest BCUT2D eigenvalue weighted by molar-refractivity contribution is 14.0. The normalized spacial score (nSPS) is 10.5. The van der Waals surface area contributed by atoms with Crippen molar-refractivity contribution in [1.82, 2.24) is 5.32 Å². The Morgan fingerprint density at radius 3 is 2.61 bits per heavy atom. The van der Waals surface area contributed by atoms with Gasteiger partial charge in [0.2, 0.25) is 0 Å². The van der Waals surface area contributed by atoms with E-state index in [2.05, 4.69) is 10.3 Å². The van der Waals surface area contributed by atoms with E-state index in [0.717, 1.165) is 23.5 Å². The molecule has 0 saturated heterocycles. The minimum Gasteiger partial charge on any atom is -0.497 e. The molecule has 0 aliphatic heterocycles. The second kappa shape index (κ2) is 8.84. The fraction of sp³-hybridized carbons (Fsp3) is 0.417. The molecule has 1 aromatic carbocycles. The summed E-state index contributed by atoms with van der Waals surface area (Å²) in [5.74, 6) is 2.10. The van der Waals surface area contributed by atoms with Crippen molar-refractivity contribution in [3.05, 3.63) is 23.8 Å². The quantitative estimate of drug-likeness (QED) is 0.470. The van der Waals surface area contributed by atoms with E-state index in [1.807, 2.05) is 18.2 Å². The molecule has 0 aliphatic rings. The molecule has 0 fully saturated rings. The third-order valence-electron chi connectivity index (χ3n) is 2.43. The van der Waals surface area contributed by atoms with Gasteiger partial charge in [-0.2, -0.15) is 0 Å². The van der Waals surface area contributed by atoms with E-state index < -0.39 is 0 Å². The van der Waals surface area contributed by atoms with Crippen molar-refractivity contribution in [2.45, 2.75) is 6.42 Å². The van der Waals surface area contributed by atoms with Crippen molar-refractivity contribution in [1.29, 1.82) is 0 Å². The summed E-state index contributed by atoms with van der Waals surface area (Å²) in [5, 5.41) is 3.00. The standard InChI is InChI=1S/C12H19N3O2.HI/c1-14-12(13)15-7-6-9-8-10(16-2)4-5-11(9)17-3;/h4-5,8H,6-7H2,1-3H3,(H3,13,14,15);1H. The van der Waals surface area contributed by atoms with Crippen LogP contribution in [0.15, 0.2) is 23.2 Å². The molecule has 6 heteroatoms. The van der Waals surface area contributed by atoms with Crippen LogP contribution in [-0.2, 0) is 6.42 Å². The average Bonchev–Trinajstić information content (AvgIpc) is 2.38. The van der Waals surface area contributed by atoms with Crippen LogP contribution < -0.4 is 20.5 Å². The minimum atomic E-state index is 0. The average molecular weight is 365 g/mol. The molecular weight excluding hydrogens is 345 g/mol. The molecule has 0 saturated carbocycles. The van der Waals surface area contributed by atoms with Crippen LogP contribution in [-0.4, -0.2) is 33.8 Å². The van der Waals surface area contributed by atoms with E-state index in [1.165, 1.54) is 0 Å². The number of ether oxygens (including phenoxy) is 2. The van der Waals surface area contributed by atoms with Gasteiger partial charge in [-0.15, -0.1) is 24.0 Å². The summed E-state index contributed by atoms with van der Waals surface area (Å²) in [4.78, 5) is 3.82. The van der Waals surface area contributed by atoms with Crippen LogP contribution in [0.3, 0.4) is 0 Å². The van der Waals surface area contributed by atoms with Gasteiger partial charge in [-0.25, -0.2) is 0 Å². The van der Waals surface area contributed by atoms with Crippen molar-refractivity contribution >= 4 is 29.9 Å². The van der Waals surface area contributed by atoms with Crippen molar-refractivity contribution in [2.24, 2.45) is 10.7 Å². The highest BCUT2D eigenvalue weighted by atomic mass is 127. The molecule has 0 aliphatic carbocycles. The van der Waals surface area contributed by atoms with Crippen LogP contribution in [0, 0.1) is 0 Å². The molecule has 0 spiro atoms. The Hall–Kier alpha value is -1.18. The molecule has 18 heavy (non-hydrogen) atoms. The predicted octanol–water partition coefficient (Wildman–Crippen LogP) is 1.40. The van der Waals surface area contributed by atoms with Crippen molar-refractivity contribution < 1.29 is 9.47 Å². The van der Waals surface area contributed by atoms with Gasteiger partial charge in [0.15, 0.2) is 5.96 Å². The number of guanidine groups is 1. The molecule has 1 rings (SSSR count). The maximum absolute atomic E-state index is 5.55. The topological polar surface area (TPSA) is 68.9 Å². The Morgan fingerprint density at radius 1 is 1.33 bits per heavy atom. The third-order valence-corrected chi connectivity index (χ3v) is 2.43. The van der Waals surface area contributed by atoms with Crippen LogP contribution >= 0.6 is 24.0 Å². The summed E-state index contributed by atoms with van der Waals surface area (Å²) in [6.07, 6.45) is 0.788. The van der Waals surface area contributed by atoms with Crippen molar-refractivity contribution in [3.8, 4) is 11.5 Å². The Bertz CT molecular complexity index is 397. The number of hydrogen-bond donors (Lipinski definition) is 2. The maximum Gasteiger partial charge on any atom is 0.188 e. The molecular formula is C12H20IN3O2. The molecule has 5 nitrogen and oxygen atoms in total. The zero-order valence-electron chi connectivity index (χ0n) is 10.9. The minimum absolute atomic E-state index is 0. The monoisotopic (exact) mass is 365 g/mol. The van der Waals surface area contributed by atoms with Crippen LogP contribution in [0.25, 0.3) is 0 Å². The zero-order valence-corrected chi connectivity index (χ0v) is 13.2. The van der Waals surface area contributed by atoms with Crippen LogP contribution in [0.4, 0.5) is 0 Å². The number of aliphatic imine (C=N–C) groups is 1. The molecule has 102 valence electrons. The van der Waals surface area contributed by atoms with Crippen molar-refractivity contribution in [2.75, 3.05) is 27.8 Å². The van der Waals surface area contributed by atoms with Gasteiger partial charge in [0.1, 0.15) is 11.5 Å². The second-order valence-corrected chi connectivity index (χ2v) is 3.46.